The maximum Gasteiger partial charge on any atom is 0.159 e. The Morgan fingerprint density at radius 2 is 1.81 bits per heavy atom. The lowest BCUT2D eigenvalue weighted by Crippen LogP contribution is -2.44. The van der Waals surface area contributed by atoms with Crippen molar-refractivity contribution in [1.82, 2.24) is 14.9 Å². The summed E-state index contributed by atoms with van der Waals surface area (Å²) in [7, 11) is 3.85. The van der Waals surface area contributed by atoms with Crippen molar-refractivity contribution in [2.24, 2.45) is 0 Å². The van der Waals surface area contributed by atoms with Crippen molar-refractivity contribution >= 4 is 22.5 Å². The molecule has 1 aliphatic rings. The Morgan fingerprint density at radius 1 is 1.08 bits per heavy atom. The molecule has 0 atom stereocenters. The average Bonchev–Trinajstić information content (AvgIpc) is 3.30. The zero-order valence-electron chi connectivity index (χ0n) is 21.2. The largest absolute Gasteiger partial charge is 0.496 e. The topological polar surface area (TPSA) is 61.5 Å². The van der Waals surface area contributed by atoms with Crippen LogP contribution in [0.2, 0.25) is 0 Å². The van der Waals surface area contributed by atoms with Crippen LogP contribution < -0.4 is 9.64 Å². The molecule has 0 spiro atoms. The SMILES string of the molecule is C=CC(=O)Cc1cc(-c2c(-c3ccc(N4CCN(C)CC4)cc3)[nH]c3nccc(OC)c23)ccc1C. The molecule has 6 nitrogen and oxygen atoms in total. The van der Waals surface area contributed by atoms with Gasteiger partial charge in [-0.1, -0.05) is 36.9 Å². The third-order valence-corrected chi connectivity index (χ3v) is 7.13. The second kappa shape index (κ2) is 9.99. The summed E-state index contributed by atoms with van der Waals surface area (Å²) >= 11 is 0. The summed E-state index contributed by atoms with van der Waals surface area (Å²) in [5.74, 6) is 0.768. The van der Waals surface area contributed by atoms with Crippen molar-refractivity contribution in [3.8, 4) is 28.1 Å². The van der Waals surface area contributed by atoms with Crippen LogP contribution in [-0.4, -0.2) is 61.0 Å². The van der Waals surface area contributed by atoms with Gasteiger partial charge in [0.05, 0.1) is 18.2 Å². The molecule has 1 saturated heterocycles. The predicted molar refractivity (Wildman–Crippen MR) is 147 cm³/mol. The van der Waals surface area contributed by atoms with E-state index in [1.54, 1.807) is 13.3 Å². The number of H-pyrrole nitrogens is 1. The first-order chi connectivity index (χ1) is 17.5. The molecule has 0 amide bonds. The second-order valence-corrected chi connectivity index (χ2v) is 9.44. The number of pyridine rings is 1. The molecule has 184 valence electrons. The van der Waals surface area contributed by atoms with E-state index >= 15 is 0 Å². The third kappa shape index (κ3) is 4.52. The number of rotatable bonds is 7. The standard InChI is InChI=1S/C30H32N4O2/c1-5-25(35)19-23-18-22(7-6-20(23)2)27-28-26(36-4)12-13-31-30(28)32-29(27)21-8-10-24(11-9-21)34-16-14-33(3)15-17-34/h5-13,18H,1,14-17,19H2,2-4H3,(H,31,32). The molecule has 0 saturated carbocycles. The number of ketones is 1. The summed E-state index contributed by atoms with van der Waals surface area (Å²) in [5, 5.41) is 0.933. The Morgan fingerprint density at radius 3 is 2.50 bits per heavy atom. The van der Waals surface area contributed by atoms with Crippen LogP contribution in [0, 0.1) is 6.92 Å². The number of hydrogen-bond donors (Lipinski definition) is 1. The van der Waals surface area contributed by atoms with E-state index in [0.29, 0.717) is 6.42 Å². The Hall–Kier alpha value is -3.90. The third-order valence-electron chi connectivity index (χ3n) is 7.13. The molecule has 1 N–H and O–H groups in total. The van der Waals surface area contributed by atoms with Crippen LogP contribution in [-0.2, 0) is 11.2 Å². The molecule has 0 unspecified atom stereocenters. The fraction of sp³-hybridized carbons (Fsp3) is 0.267. The van der Waals surface area contributed by atoms with E-state index in [9.17, 15) is 4.79 Å². The van der Waals surface area contributed by atoms with Crippen molar-refractivity contribution in [3.05, 3.63) is 78.5 Å². The Kier molecular flexibility index (Phi) is 6.61. The highest BCUT2D eigenvalue weighted by Crippen LogP contribution is 2.42. The molecular weight excluding hydrogens is 448 g/mol. The van der Waals surface area contributed by atoms with E-state index in [1.807, 2.05) is 13.0 Å². The Labute approximate surface area is 212 Å². The van der Waals surface area contributed by atoms with Crippen LogP contribution >= 0.6 is 0 Å². The number of aromatic nitrogens is 2. The molecule has 0 bridgehead atoms. The molecule has 0 radical (unpaired) electrons. The number of carbonyl (C=O) groups excluding carboxylic acids is 1. The molecule has 1 aliphatic heterocycles. The maximum absolute atomic E-state index is 12.2. The number of piperazine rings is 1. The van der Waals surface area contributed by atoms with E-state index in [4.69, 9.17) is 4.74 Å². The number of aryl methyl sites for hydroxylation is 1. The number of allylic oxidation sites excluding steroid dienone is 1. The summed E-state index contributed by atoms with van der Waals surface area (Å²) in [5.41, 5.74) is 8.18. The summed E-state index contributed by atoms with van der Waals surface area (Å²) in [6, 6.07) is 16.9. The molecule has 4 aromatic rings. The number of nitrogens with zero attached hydrogens (tertiary/aromatic N) is 3. The zero-order valence-corrected chi connectivity index (χ0v) is 21.2. The number of ether oxygens (including phenoxy) is 1. The Balaban J connectivity index is 1.62. The number of hydrogen-bond acceptors (Lipinski definition) is 5. The highest BCUT2D eigenvalue weighted by atomic mass is 16.5. The van der Waals surface area contributed by atoms with Crippen LogP contribution in [0.1, 0.15) is 11.1 Å². The van der Waals surface area contributed by atoms with E-state index in [1.165, 1.54) is 11.8 Å². The van der Waals surface area contributed by atoms with Gasteiger partial charge in [-0.15, -0.1) is 0 Å². The molecule has 6 heteroatoms. The van der Waals surface area contributed by atoms with Gasteiger partial charge in [0.15, 0.2) is 5.78 Å². The fourth-order valence-electron chi connectivity index (χ4n) is 4.94. The van der Waals surface area contributed by atoms with Gasteiger partial charge in [0.25, 0.3) is 0 Å². The number of anilines is 1. The minimum Gasteiger partial charge on any atom is -0.496 e. The van der Waals surface area contributed by atoms with Gasteiger partial charge in [-0.2, -0.15) is 0 Å². The van der Waals surface area contributed by atoms with Crippen molar-refractivity contribution in [3.63, 3.8) is 0 Å². The molecule has 5 rings (SSSR count). The number of methoxy groups -OCH3 is 1. The summed E-state index contributed by atoms with van der Waals surface area (Å²) < 4.78 is 5.74. The number of carbonyl (C=O) groups is 1. The van der Waals surface area contributed by atoms with Crippen LogP contribution in [0.15, 0.2) is 67.4 Å². The van der Waals surface area contributed by atoms with Crippen LogP contribution in [0.4, 0.5) is 5.69 Å². The van der Waals surface area contributed by atoms with Gasteiger partial charge in [-0.25, -0.2) is 4.98 Å². The molecule has 36 heavy (non-hydrogen) atoms. The predicted octanol–water partition coefficient (Wildman–Crippen LogP) is 5.26. The minimum absolute atomic E-state index is 0.00754. The molecule has 0 aliphatic carbocycles. The first-order valence-corrected chi connectivity index (χ1v) is 12.3. The Bertz CT molecular complexity index is 1410. The van der Waals surface area contributed by atoms with Crippen molar-refractivity contribution in [1.29, 1.82) is 0 Å². The summed E-state index contributed by atoms with van der Waals surface area (Å²) in [6.45, 7) is 9.88. The molecule has 1 fully saturated rings. The van der Waals surface area contributed by atoms with E-state index in [0.717, 1.165) is 76.5 Å². The number of benzene rings is 2. The lowest BCUT2D eigenvalue weighted by Gasteiger charge is -2.34. The first kappa shape index (κ1) is 23.8. The van der Waals surface area contributed by atoms with E-state index in [-0.39, 0.29) is 5.78 Å². The minimum atomic E-state index is 0.00754. The van der Waals surface area contributed by atoms with Crippen LogP contribution in [0.25, 0.3) is 33.4 Å². The number of likely N-dealkylation sites (N-methyl/N-ethyl adjacent to an activating group) is 1. The second-order valence-electron chi connectivity index (χ2n) is 9.44. The van der Waals surface area contributed by atoms with E-state index < -0.39 is 0 Å². The molecule has 2 aromatic carbocycles. The van der Waals surface area contributed by atoms with Gasteiger partial charge in [0.2, 0.25) is 0 Å². The number of aromatic amines is 1. The lowest BCUT2D eigenvalue weighted by atomic mass is 9.93. The van der Waals surface area contributed by atoms with Gasteiger partial charge in [0.1, 0.15) is 11.4 Å². The average molecular weight is 481 g/mol. The highest BCUT2D eigenvalue weighted by molar-refractivity contribution is 6.06. The van der Waals surface area contributed by atoms with Crippen molar-refractivity contribution in [2.45, 2.75) is 13.3 Å². The number of nitrogens with one attached hydrogen (secondary N) is 1. The van der Waals surface area contributed by atoms with Gasteiger partial charge in [-0.05, 0) is 60.5 Å². The van der Waals surface area contributed by atoms with Gasteiger partial charge < -0.3 is 19.5 Å². The van der Waals surface area contributed by atoms with Crippen molar-refractivity contribution < 1.29 is 9.53 Å². The van der Waals surface area contributed by atoms with Gasteiger partial charge in [0, 0.05) is 50.0 Å². The maximum atomic E-state index is 12.2. The summed E-state index contributed by atoms with van der Waals surface area (Å²) in [6.07, 6.45) is 3.47. The van der Waals surface area contributed by atoms with Crippen LogP contribution in [0.3, 0.4) is 0 Å². The first-order valence-electron chi connectivity index (χ1n) is 12.3. The monoisotopic (exact) mass is 480 g/mol. The smallest absolute Gasteiger partial charge is 0.159 e. The van der Waals surface area contributed by atoms with Gasteiger partial charge >= 0.3 is 0 Å². The van der Waals surface area contributed by atoms with Crippen LogP contribution in [0.5, 0.6) is 5.75 Å². The molecule has 3 heterocycles. The lowest BCUT2D eigenvalue weighted by molar-refractivity contribution is -0.114. The van der Waals surface area contributed by atoms with E-state index in [2.05, 4.69) is 75.9 Å². The molecule has 2 aromatic heterocycles. The number of fused-ring (bicyclic) bond motifs is 1. The molecular formula is C30H32N4O2. The quantitative estimate of drug-likeness (QED) is 0.366. The summed E-state index contributed by atoms with van der Waals surface area (Å²) in [4.78, 5) is 25.1. The highest BCUT2D eigenvalue weighted by Gasteiger charge is 2.21. The normalized spacial score (nSPS) is 14.2. The van der Waals surface area contributed by atoms with Crippen molar-refractivity contribution in [2.75, 3.05) is 45.2 Å². The fourth-order valence-corrected chi connectivity index (χ4v) is 4.94. The van der Waals surface area contributed by atoms with Gasteiger partial charge in [-0.3, -0.25) is 4.79 Å². The zero-order chi connectivity index (χ0) is 25.2.